The molecule has 1 amide bonds. The maximum absolute atomic E-state index is 12.6. The topological polar surface area (TPSA) is 92.8 Å². The van der Waals surface area contributed by atoms with E-state index in [4.69, 9.17) is 4.74 Å². The van der Waals surface area contributed by atoms with Gasteiger partial charge in [-0.25, -0.2) is 0 Å². The minimum Gasteiger partial charge on any atom is -0.485 e. The second-order valence-electron chi connectivity index (χ2n) is 8.52. The van der Waals surface area contributed by atoms with Gasteiger partial charge in [0, 0.05) is 11.9 Å². The number of fused-ring (bicyclic) bond motifs is 1. The summed E-state index contributed by atoms with van der Waals surface area (Å²) in [7, 11) is 1.87. The van der Waals surface area contributed by atoms with Gasteiger partial charge in [-0.1, -0.05) is 30.8 Å². The number of hydrogen-bond acceptors (Lipinski definition) is 7. The maximum Gasteiger partial charge on any atom is 0.235 e. The molecule has 1 N–H and O–H groups in total. The number of carbonyl (C=O) groups is 1. The van der Waals surface area contributed by atoms with Crippen LogP contribution < -0.4 is 10.1 Å². The lowest BCUT2D eigenvalue weighted by atomic mass is 9.89. The summed E-state index contributed by atoms with van der Waals surface area (Å²) in [6.07, 6.45) is 2.97. The summed E-state index contributed by atoms with van der Waals surface area (Å²) in [5.41, 5.74) is 3.95. The second kappa shape index (κ2) is 9.98. The van der Waals surface area contributed by atoms with Gasteiger partial charge in [-0.15, -0.1) is 21.5 Å². The Morgan fingerprint density at radius 1 is 1.39 bits per heavy atom. The number of hydrogen-bond donors (Lipinski definition) is 1. The number of aryl methyl sites for hydroxylation is 2. The van der Waals surface area contributed by atoms with E-state index in [0.717, 1.165) is 41.7 Å². The van der Waals surface area contributed by atoms with Gasteiger partial charge in [0.25, 0.3) is 0 Å². The number of thioether (sulfide) groups is 1. The molecule has 0 spiro atoms. The van der Waals surface area contributed by atoms with Gasteiger partial charge in [-0.3, -0.25) is 4.79 Å². The van der Waals surface area contributed by atoms with E-state index in [-0.39, 0.29) is 11.7 Å². The molecule has 0 radical (unpaired) electrons. The van der Waals surface area contributed by atoms with E-state index in [0.29, 0.717) is 34.1 Å². The van der Waals surface area contributed by atoms with E-state index < -0.39 is 0 Å². The van der Waals surface area contributed by atoms with Crippen LogP contribution in [-0.2, 0) is 31.3 Å². The molecule has 0 fully saturated rings. The molecule has 0 aliphatic heterocycles. The van der Waals surface area contributed by atoms with E-state index in [2.05, 4.69) is 34.6 Å². The molecule has 4 rings (SSSR count). The molecular formula is C24H27N5O2S2. The van der Waals surface area contributed by atoms with Crippen LogP contribution in [0, 0.1) is 31.1 Å². The summed E-state index contributed by atoms with van der Waals surface area (Å²) in [5.74, 6) is 2.16. The predicted octanol–water partition coefficient (Wildman–Crippen LogP) is 4.80. The van der Waals surface area contributed by atoms with Crippen molar-refractivity contribution in [3.63, 3.8) is 0 Å². The summed E-state index contributed by atoms with van der Waals surface area (Å²) >= 11 is 2.86. The van der Waals surface area contributed by atoms with Crippen LogP contribution in [0.15, 0.2) is 23.4 Å². The van der Waals surface area contributed by atoms with Gasteiger partial charge in [0.05, 0.1) is 11.3 Å². The molecular weight excluding hydrogens is 454 g/mol. The molecule has 2 heterocycles. The lowest BCUT2D eigenvalue weighted by Gasteiger charge is -2.17. The predicted molar refractivity (Wildman–Crippen MR) is 131 cm³/mol. The van der Waals surface area contributed by atoms with E-state index >= 15 is 0 Å². The Bertz CT molecular complexity index is 1220. The van der Waals surface area contributed by atoms with Gasteiger partial charge >= 0.3 is 0 Å². The molecule has 1 atom stereocenters. The lowest BCUT2D eigenvalue weighted by Crippen LogP contribution is -2.14. The fourth-order valence-corrected chi connectivity index (χ4v) is 5.96. The molecule has 33 heavy (non-hydrogen) atoms. The monoisotopic (exact) mass is 481 g/mol. The number of carbonyl (C=O) groups excluding carboxylic acids is 1. The third-order valence-electron chi connectivity index (χ3n) is 5.83. The zero-order chi connectivity index (χ0) is 23.5. The first-order chi connectivity index (χ1) is 15.9. The van der Waals surface area contributed by atoms with E-state index in [1.807, 2.05) is 37.6 Å². The summed E-state index contributed by atoms with van der Waals surface area (Å²) in [4.78, 5) is 13.8. The first-order valence-corrected chi connectivity index (χ1v) is 12.7. The first kappa shape index (κ1) is 23.3. The van der Waals surface area contributed by atoms with Crippen molar-refractivity contribution in [1.82, 2.24) is 14.8 Å². The number of rotatable bonds is 7. The van der Waals surface area contributed by atoms with Crippen molar-refractivity contribution in [3.8, 4) is 11.8 Å². The number of benzene rings is 1. The first-order valence-electron chi connectivity index (χ1n) is 10.9. The van der Waals surface area contributed by atoms with Crippen molar-refractivity contribution in [3.05, 3.63) is 51.2 Å². The van der Waals surface area contributed by atoms with Crippen molar-refractivity contribution in [2.75, 3.05) is 11.1 Å². The number of nitrogens with zero attached hydrogens (tertiary/aromatic N) is 4. The summed E-state index contributed by atoms with van der Waals surface area (Å²) < 4.78 is 7.78. The van der Waals surface area contributed by atoms with Crippen molar-refractivity contribution < 1.29 is 9.53 Å². The number of amides is 1. The maximum atomic E-state index is 12.6. The smallest absolute Gasteiger partial charge is 0.235 e. The highest BCUT2D eigenvalue weighted by Crippen LogP contribution is 2.39. The van der Waals surface area contributed by atoms with Crippen LogP contribution >= 0.6 is 23.1 Å². The van der Waals surface area contributed by atoms with Gasteiger partial charge in [-0.2, -0.15) is 5.26 Å². The molecule has 172 valence electrons. The number of thiophene rings is 1. The molecule has 1 aliphatic rings. The summed E-state index contributed by atoms with van der Waals surface area (Å²) in [6.45, 7) is 6.56. The van der Waals surface area contributed by atoms with Crippen molar-refractivity contribution in [2.24, 2.45) is 13.0 Å². The largest absolute Gasteiger partial charge is 0.485 e. The molecule has 7 nitrogen and oxygen atoms in total. The number of aromatic nitrogens is 3. The quantitative estimate of drug-likeness (QED) is 0.487. The zero-order valence-corrected chi connectivity index (χ0v) is 20.9. The third kappa shape index (κ3) is 5.23. The highest BCUT2D eigenvalue weighted by molar-refractivity contribution is 7.99. The number of ether oxygens (including phenoxy) is 1. The molecule has 1 unspecified atom stereocenters. The third-order valence-corrected chi connectivity index (χ3v) is 8.02. The van der Waals surface area contributed by atoms with Crippen LogP contribution in [0.25, 0.3) is 0 Å². The van der Waals surface area contributed by atoms with Gasteiger partial charge in [0.1, 0.15) is 23.4 Å². The minimum atomic E-state index is -0.153. The Labute approximate surface area is 202 Å². The molecule has 0 saturated carbocycles. The Morgan fingerprint density at radius 2 is 2.21 bits per heavy atom. The van der Waals surface area contributed by atoms with Crippen LogP contribution in [-0.4, -0.2) is 26.4 Å². The van der Waals surface area contributed by atoms with E-state index in [9.17, 15) is 10.1 Å². The SMILES string of the molecule is Cc1ccc(C)c(OCc2nnc(SCC(=O)Nc3sc4c(c3C#N)CCC(C)C4)n2C)c1. The summed E-state index contributed by atoms with van der Waals surface area (Å²) in [6, 6.07) is 8.38. The van der Waals surface area contributed by atoms with Crippen LogP contribution in [0.5, 0.6) is 5.75 Å². The van der Waals surface area contributed by atoms with Crippen LogP contribution in [0.4, 0.5) is 5.00 Å². The lowest BCUT2D eigenvalue weighted by molar-refractivity contribution is -0.113. The Kier molecular flexibility index (Phi) is 7.05. The average molecular weight is 482 g/mol. The van der Waals surface area contributed by atoms with Gasteiger partial charge < -0.3 is 14.6 Å². The number of anilines is 1. The Hall–Kier alpha value is -2.83. The highest BCUT2D eigenvalue weighted by atomic mass is 32.2. The Balaban J connectivity index is 1.35. The standard InChI is InChI=1S/C24H27N5O2S2/c1-14-5-7-16(3)19(9-14)31-12-21-27-28-24(29(21)4)32-13-22(30)26-23-18(11-25)17-8-6-15(2)10-20(17)33-23/h5,7,9,15H,6,8,10,12-13H2,1-4H3,(H,26,30). The van der Waals surface area contributed by atoms with Crippen molar-refractivity contribution >= 4 is 34.0 Å². The molecule has 1 aliphatic carbocycles. The van der Waals surface area contributed by atoms with Gasteiger partial charge in [0.2, 0.25) is 5.91 Å². The van der Waals surface area contributed by atoms with Crippen LogP contribution in [0.3, 0.4) is 0 Å². The molecule has 2 aromatic heterocycles. The molecule has 0 saturated heterocycles. The molecule has 3 aromatic rings. The Morgan fingerprint density at radius 3 is 3.00 bits per heavy atom. The van der Waals surface area contributed by atoms with E-state index in [1.54, 1.807) is 11.3 Å². The second-order valence-corrected chi connectivity index (χ2v) is 10.6. The molecule has 1 aromatic carbocycles. The molecule has 0 bridgehead atoms. The van der Waals surface area contributed by atoms with Crippen LogP contribution in [0.2, 0.25) is 0 Å². The number of nitriles is 1. The normalized spacial score (nSPS) is 15.1. The van der Waals surface area contributed by atoms with Crippen LogP contribution in [0.1, 0.15) is 46.3 Å². The number of nitrogens with one attached hydrogen (secondary N) is 1. The minimum absolute atomic E-state index is 0.153. The van der Waals surface area contributed by atoms with Gasteiger partial charge in [0.15, 0.2) is 11.0 Å². The highest BCUT2D eigenvalue weighted by Gasteiger charge is 2.24. The van der Waals surface area contributed by atoms with Crippen molar-refractivity contribution in [2.45, 2.75) is 51.8 Å². The average Bonchev–Trinajstić information content (AvgIpc) is 3.31. The zero-order valence-electron chi connectivity index (χ0n) is 19.3. The van der Waals surface area contributed by atoms with Gasteiger partial charge in [-0.05, 0) is 61.8 Å². The molecule has 9 heteroatoms. The fourth-order valence-electron chi connectivity index (χ4n) is 3.85. The van der Waals surface area contributed by atoms with E-state index in [1.165, 1.54) is 16.6 Å². The fraction of sp³-hybridized carbons (Fsp3) is 0.417. The summed E-state index contributed by atoms with van der Waals surface area (Å²) in [5, 5.41) is 22.3. The van der Waals surface area contributed by atoms with Crippen molar-refractivity contribution in [1.29, 1.82) is 5.26 Å².